The Hall–Kier alpha value is -1.36. The predicted octanol–water partition coefficient (Wildman–Crippen LogP) is 1.96. The van der Waals surface area contributed by atoms with Crippen LogP contribution in [0.2, 0.25) is 0 Å². The quantitative estimate of drug-likeness (QED) is 0.776. The lowest BCUT2D eigenvalue weighted by atomic mass is 10.1. The largest absolute Gasteiger partial charge is 0.465 e. The molecule has 0 bridgehead atoms. The maximum absolute atomic E-state index is 12.1. The Morgan fingerprint density at radius 2 is 1.88 bits per heavy atom. The minimum Gasteiger partial charge on any atom is -0.465 e. The van der Waals surface area contributed by atoms with Crippen molar-refractivity contribution in [3.8, 4) is 0 Å². The summed E-state index contributed by atoms with van der Waals surface area (Å²) >= 11 is 0. The van der Waals surface area contributed by atoms with E-state index >= 15 is 0 Å². The Morgan fingerprint density at radius 3 is 2.35 bits per heavy atom. The zero-order valence-electron chi connectivity index (χ0n) is 10.4. The monoisotopic (exact) mass is 256 g/mol. The Labute approximate surface area is 102 Å². The van der Waals surface area contributed by atoms with Crippen LogP contribution in [0.4, 0.5) is 0 Å². The molecule has 0 saturated heterocycles. The van der Waals surface area contributed by atoms with E-state index in [-0.39, 0.29) is 10.5 Å². The molecule has 0 spiro atoms. The van der Waals surface area contributed by atoms with Crippen molar-refractivity contribution in [3.63, 3.8) is 0 Å². The van der Waals surface area contributed by atoms with Crippen LogP contribution >= 0.6 is 0 Å². The number of sulfone groups is 1. The molecule has 0 saturated carbocycles. The third kappa shape index (κ3) is 2.66. The summed E-state index contributed by atoms with van der Waals surface area (Å²) in [6.45, 7) is 4.95. The number of carbonyl (C=O) groups excluding carboxylic acids is 1. The fourth-order valence-electron chi connectivity index (χ4n) is 1.42. The van der Waals surface area contributed by atoms with Crippen LogP contribution in [0.1, 0.15) is 29.8 Å². The number of aryl methyl sites for hydroxylation is 1. The van der Waals surface area contributed by atoms with Crippen molar-refractivity contribution in [2.24, 2.45) is 0 Å². The van der Waals surface area contributed by atoms with E-state index in [1.54, 1.807) is 26.8 Å². The van der Waals surface area contributed by atoms with Crippen molar-refractivity contribution in [3.05, 3.63) is 29.3 Å². The average Bonchev–Trinajstić information content (AvgIpc) is 2.27. The van der Waals surface area contributed by atoms with Gasteiger partial charge in [0.25, 0.3) is 0 Å². The molecular weight excluding hydrogens is 240 g/mol. The van der Waals surface area contributed by atoms with Gasteiger partial charge in [0.1, 0.15) is 0 Å². The molecule has 4 nitrogen and oxygen atoms in total. The SMILES string of the molecule is COC(=O)c1cc(C)ccc1S(=O)(=O)C(C)C. The molecule has 0 atom stereocenters. The number of esters is 1. The van der Waals surface area contributed by atoms with Crippen LogP contribution in [0.15, 0.2) is 23.1 Å². The summed E-state index contributed by atoms with van der Waals surface area (Å²) in [6, 6.07) is 4.65. The maximum atomic E-state index is 12.1. The van der Waals surface area contributed by atoms with Crippen molar-refractivity contribution in [1.82, 2.24) is 0 Å². The van der Waals surface area contributed by atoms with Gasteiger partial charge in [0.15, 0.2) is 9.84 Å². The fourth-order valence-corrected chi connectivity index (χ4v) is 2.63. The van der Waals surface area contributed by atoms with Gasteiger partial charge >= 0.3 is 5.97 Å². The minimum atomic E-state index is -3.48. The zero-order valence-corrected chi connectivity index (χ0v) is 11.2. The molecule has 0 heterocycles. The van der Waals surface area contributed by atoms with Crippen LogP contribution in [0.3, 0.4) is 0 Å². The number of ether oxygens (including phenoxy) is 1. The highest BCUT2D eigenvalue weighted by atomic mass is 32.2. The molecule has 1 aromatic rings. The Bertz CT molecular complexity index is 529. The third-order valence-corrected chi connectivity index (χ3v) is 4.68. The first kappa shape index (κ1) is 13.7. The van der Waals surface area contributed by atoms with Crippen LogP contribution in [0, 0.1) is 6.92 Å². The van der Waals surface area contributed by atoms with Gasteiger partial charge in [0.05, 0.1) is 22.8 Å². The number of benzene rings is 1. The lowest BCUT2D eigenvalue weighted by molar-refractivity contribution is 0.0596. The molecular formula is C12H16O4S. The van der Waals surface area contributed by atoms with Gasteiger partial charge in [0.2, 0.25) is 0 Å². The summed E-state index contributed by atoms with van der Waals surface area (Å²) in [5, 5.41) is -0.575. The first-order valence-corrected chi connectivity index (χ1v) is 6.78. The molecule has 17 heavy (non-hydrogen) atoms. The van der Waals surface area contributed by atoms with E-state index in [9.17, 15) is 13.2 Å². The van der Waals surface area contributed by atoms with Gasteiger partial charge in [0, 0.05) is 0 Å². The molecule has 5 heteroatoms. The predicted molar refractivity (Wildman–Crippen MR) is 64.8 cm³/mol. The van der Waals surface area contributed by atoms with Crippen LogP contribution in [-0.2, 0) is 14.6 Å². The minimum absolute atomic E-state index is 0.0324. The van der Waals surface area contributed by atoms with Crippen LogP contribution in [-0.4, -0.2) is 26.7 Å². The van der Waals surface area contributed by atoms with Gasteiger partial charge in [-0.25, -0.2) is 13.2 Å². The molecule has 0 fully saturated rings. The molecule has 0 radical (unpaired) electrons. The molecule has 0 unspecified atom stereocenters. The topological polar surface area (TPSA) is 60.4 Å². The van der Waals surface area contributed by atoms with Crippen molar-refractivity contribution < 1.29 is 17.9 Å². The zero-order chi connectivity index (χ0) is 13.2. The summed E-state index contributed by atoms with van der Waals surface area (Å²) in [5.41, 5.74) is 0.911. The van der Waals surface area contributed by atoms with Gasteiger partial charge in [-0.3, -0.25) is 0 Å². The van der Waals surface area contributed by atoms with Crippen molar-refractivity contribution in [2.45, 2.75) is 30.9 Å². The number of hydrogen-bond acceptors (Lipinski definition) is 4. The van der Waals surface area contributed by atoms with Gasteiger partial charge in [-0.05, 0) is 32.9 Å². The standard InChI is InChI=1S/C12H16O4S/c1-8(2)17(14,15)11-6-5-9(3)7-10(11)12(13)16-4/h5-8H,1-4H3. The van der Waals surface area contributed by atoms with E-state index in [4.69, 9.17) is 0 Å². The second-order valence-corrected chi connectivity index (χ2v) is 6.56. The fraction of sp³-hybridized carbons (Fsp3) is 0.417. The van der Waals surface area contributed by atoms with E-state index in [0.29, 0.717) is 0 Å². The normalized spacial score (nSPS) is 11.6. The van der Waals surface area contributed by atoms with Crippen LogP contribution in [0.25, 0.3) is 0 Å². The van der Waals surface area contributed by atoms with E-state index in [1.165, 1.54) is 19.2 Å². The van der Waals surface area contributed by atoms with Crippen LogP contribution in [0.5, 0.6) is 0 Å². The summed E-state index contributed by atoms with van der Waals surface area (Å²) in [4.78, 5) is 11.6. The average molecular weight is 256 g/mol. The number of rotatable bonds is 3. The van der Waals surface area contributed by atoms with E-state index < -0.39 is 21.1 Å². The van der Waals surface area contributed by atoms with E-state index in [2.05, 4.69) is 4.74 Å². The molecule has 1 aromatic carbocycles. The van der Waals surface area contributed by atoms with Crippen molar-refractivity contribution in [1.29, 1.82) is 0 Å². The van der Waals surface area contributed by atoms with Gasteiger partial charge in [-0.15, -0.1) is 0 Å². The number of hydrogen-bond donors (Lipinski definition) is 0. The summed E-state index contributed by atoms with van der Waals surface area (Å²) in [5.74, 6) is -0.632. The van der Waals surface area contributed by atoms with Gasteiger partial charge in [-0.1, -0.05) is 11.6 Å². The highest BCUT2D eigenvalue weighted by molar-refractivity contribution is 7.92. The molecule has 0 aliphatic rings. The first-order chi connectivity index (χ1) is 7.80. The second-order valence-electron chi connectivity index (χ2n) is 4.08. The lowest BCUT2D eigenvalue weighted by Crippen LogP contribution is -2.18. The highest BCUT2D eigenvalue weighted by Crippen LogP contribution is 2.22. The molecule has 0 aromatic heterocycles. The molecule has 0 N–H and O–H groups in total. The Morgan fingerprint density at radius 1 is 1.29 bits per heavy atom. The van der Waals surface area contributed by atoms with Crippen LogP contribution < -0.4 is 0 Å². The summed E-state index contributed by atoms with van der Waals surface area (Å²) in [7, 11) is -2.25. The van der Waals surface area contributed by atoms with Crippen molar-refractivity contribution >= 4 is 15.8 Å². The third-order valence-electron chi connectivity index (χ3n) is 2.47. The number of methoxy groups -OCH3 is 1. The van der Waals surface area contributed by atoms with Gasteiger partial charge < -0.3 is 4.74 Å². The molecule has 94 valence electrons. The first-order valence-electron chi connectivity index (χ1n) is 5.23. The molecule has 0 amide bonds. The molecule has 1 rings (SSSR count). The lowest BCUT2D eigenvalue weighted by Gasteiger charge is -2.12. The van der Waals surface area contributed by atoms with Crippen molar-refractivity contribution in [2.75, 3.05) is 7.11 Å². The molecule has 0 aliphatic carbocycles. The highest BCUT2D eigenvalue weighted by Gasteiger charge is 2.25. The van der Waals surface area contributed by atoms with E-state index in [0.717, 1.165) is 5.56 Å². The maximum Gasteiger partial charge on any atom is 0.339 e. The second kappa shape index (κ2) is 4.87. The summed E-state index contributed by atoms with van der Waals surface area (Å²) in [6.07, 6.45) is 0. The molecule has 0 aliphatic heterocycles. The van der Waals surface area contributed by atoms with E-state index in [1.807, 2.05) is 0 Å². The smallest absolute Gasteiger partial charge is 0.339 e. The Balaban J connectivity index is 3.50. The Kier molecular flexibility index (Phi) is 3.93. The summed E-state index contributed by atoms with van der Waals surface area (Å²) < 4.78 is 28.8. The van der Waals surface area contributed by atoms with Gasteiger partial charge in [-0.2, -0.15) is 0 Å². The number of carbonyl (C=O) groups is 1.